The minimum Gasteiger partial charge on any atom is -0.461 e. The third-order valence-electron chi connectivity index (χ3n) is 9.61. The normalized spacial score (nSPS) is 20.3. The first-order valence-corrected chi connectivity index (χ1v) is 15.0. The molecule has 2 heterocycles. The molecule has 4 aromatic carbocycles. The van der Waals surface area contributed by atoms with E-state index in [4.69, 9.17) is 4.74 Å². The van der Waals surface area contributed by atoms with Gasteiger partial charge in [-0.05, 0) is 90.6 Å². The number of hydrogen-bond donors (Lipinski definition) is 1. The van der Waals surface area contributed by atoms with Crippen LogP contribution in [0.15, 0.2) is 84.9 Å². The van der Waals surface area contributed by atoms with Crippen molar-refractivity contribution in [3.05, 3.63) is 107 Å². The summed E-state index contributed by atoms with van der Waals surface area (Å²) in [6, 6.07) is 28.7. The molecule has 1 N–H and O–H groups in total. The zero-order chi connectivity index (χ0) is 28.8. The van der Waals surface area contributed by atoms with Crippen LogP contribution >= 0.6 is 0 Å². The van der Waals surface area contributed by atoms with Gasteiger partial charge in [-0.2, -0.15) is 4.58 Å². The van der Waals surface area contributed by atoms with E-state index in [9.17, 15) is 9.90 Å². The molecule has 5 nitrogen and oxygen atoms in total. The minimum atomic E-state index is -0.224. The van der Waals surface area contributed by atoms with Gasteiger partial charge in [-0.25, -0.2) is 0 Å². The van der Waals surface area contributed by atoms with E-state index in [1.54, 1.807) is 0 Å². The summed E-state index contributed by atoms with van der Waals surface area (Å²) in [5.41, 5.74) is 9.56. The van der Waals surface area contributed by atoms with Crippen LogP contribution in [0.4, 0.5) is 17.1 Å². The zero-order valence-electron chi connectivity index (χ0n) is 24.3. The van der Waals surface area contributed by atoms with Crippen LogP contribution < -0.4 is 4.90 Å². The first-order chi connectivity index (χ1) is 20.5. The van der Waals surface area contributed by atoms with Crippen molar-refractivity contribution in [1.82, 2.24) is 0 Å². The smallest absolute Gasteiger partial charge is 0.293 e. The average molecular weight is 558 g/mol. The second kappa shape index (κ2) is 10.6. The summed E-state index contributed by atoms with van der Waals surface area (Å²) in [7, 11) is 0. The summed E-state index contributed by atoms with van der Waals surface area (Å²) in [6.07, 6.45) is 8.18. The first kappa shape index (κ1) is 26.7. The van der Waals surface area contributed by atoms with E-state index in [2.05, 4.69) is 102 Å². The average Bonchev–Trinajstić information content (AvgIpc) is 3.66. The monoisotopic (exact) mass is 557 g/mol. The van der Waals surface area contributed by atoms with Crippen LogP contribution in [-0.2, 0) is 21.6 Å². The van der Waals surface area contributed by atoms with E-state index >= 15 is 0 Å². The van der Waals surface area contributed by atoms with Gasteiger partial charge < -0.3 is 14.7 Å². The summed E-state index contributed by atoms with van der Waals surface area (Å²) in [4.78, 5) is 13.5. The highest BCUT2D eigenvalue weighted by atomic mass is 16.5. The molecule has 2 unspecified atom stereocenters. The lowest BCUT2D eigenvalue weighted by atomic mass is 9.79. The van der Waals surface area contributed by atoms with Gasteiger partial charge in [0.1, 0.15) is 6.61 Å². The van der Waals surface area contributed by atoms with Gasteiger partial charge in [-0.1, -0.05) is 48.9 Å². The van der Waals surface area contributed by atoms with Crippen molar-refractivity contribution in [2.45, 2.75) is 57.1 Å². The molecule has 3 aliphatic rings. The van der Waals surface area contributed by atoms with Crippen LogP contribution in [0.5, 0.6) is 0 Å². The van der Waals surface area contributed by atoms with E-state index in [1.165, 1.54) is 69.5 Å². The molecule has 42 heavy (non-hydrogen) atoms. The number of nitrogens with zero attached hydrogens (tertiary/aromatic N) is 2. The molecule has 0 radical (unpaired) electrons. The summed E-state index contributed by atoms with van der Waals surface area (Å²) >= 11 is 0. The maximum absolute atomic E-state index is 11.0. The molecular weight excluding hydrogens is 520 g/mol. The molecule has 0 spiro atoms. The topological polar surface area (TPSA) is 52.8 Å². The highest BCUT2D eigenvalue weighted by molar-refractivity contribution is 6.09. The SMILES string of the molecule is CC1(C)C(/C=C/c2ccc3c(c2)C2CCCC2N3c2ccc(CO)cc2)=[N+](CCOC=O)c2ccc3ccccc3c21. The van der Waals surface area contributed by atoms with Crippen molar-refractivity contribution in [2.75, 3.05) is 18.1 Å². The van der Waals surface area contributed by atoms with Crippen molar-refractivity contribution < 1.29 is 19.2 Å². The lowest BCUT2D eigenvalue weighted by Crippen LogP contribution is -2.28. The molecule has 0 bridgehead atoms. The van der Waals surface area contributed by atoms with Gasteiger partial charge in [0.05, 0.1) is 12.0 Å². The number of benzene rings is 4. The van der Waals surface area contributed by atoms with Gasteiger partial charge in [-0.3, -0.25) is 4.79 Å². The number of aliphatic hydroxyl groups is 1. The lowest BCUT2D eigenvalue weighted by molar-refractivity contribution is -0.440. The Morgan fingerprint density at radius 3 is 2.64 bits per heavy atom. The van der Waals surface area contributed by atoms with Gasteiger partial charge in [0, 0.05) is 41.0 Å². The Balaban J connectivity index is 1.26. The Morgan fingerprint density at radius 1 is 1.00 bits per heavy atom. The Morgan fingerprint density at radius 2 is 1.83 bits per heavy atom. The molecule has 1 saturated carbocycles. The highest BCUT2D eigenvalue weighted by Gasteiger charge is 2.46. The molecule has 212 valence electrons. The Labute approximate surface area is 247 Å². The van der Waals surface area contributed by atoms with E-state index in [0.29, 0.717) is 31.6 Å². The quantitative estimate of drug-likeness (QED) is 0.140. The molecule has 0 aromatic heterocycles. The molecule has 5 heteroatoms. The number of carbonyl (C=O) groups excluding carboxylic acids is 1. The van der Waals surface area contributed by atoms with Crippen molar-refractivity contribution in [1.29, 1.82) is 0 Å². The van der Waals surface area contributed by atoms with Crippen LogP contribution in [0.3, 0.4) is 0 Å². The number of rotatable bonds is 8. The molecule has 7 rings (SSSR count). The molecule has 0 saturated heterocycles. The molecule has 0 amide bonds. The molecule has 1 fully saturated rings. The van der Waals surface area contributed by atoms with Crippen molar-refractivity contribution in [2.24, 2.45) is 0 Å². The van der Waals surface area contributed by atoms with E-state index in [0.717, 1.165) is 5.56 Å². The van der Waals surface area contributed by atoms with Crippen molar-refractivity contribution in [3.8, 4) is 0 Å². The van der Waals surface area contributed by atoms with Gasteiger partial charge in [0.15, 0.2) is 12.3 Å². The molecule has 4 aromatic rings. The number of allylic oxidation sites excluding steroid dienone is 1. The predicted molar refractivity (Wildman–Crippen MR) is 169 cm³/mol. The summed E-state index contributed by atoms with van der Waals surface area (Å²) < 4.78 is 7.47. The Hall–Kier alpha value is -4.22. The minimum absolute atomic E-state index is 0.0667. The Bertz CT molecular complexity index is 1730. The van der Waals surface area contributed by atoms with Crippen LogP contribution in [0.25, 0.3) is 16.8 Å². The van der Waals surface area contributed by atoms with E-state index in [-0.39, 0.29) is 12.0 Å². The molecule has 2 atom stereocenters. The number of ether oxygens (including phenoxy) is 1. The third-order valence-corrected chi connectivity index (χ3v) is 9.61. The molecule has 2 aliphatic heterocycles. The van der Waals surface area contributed by atoms with Crippen LogP contribution in [0.1, 0.15) is 61.3 Å². The summed E-state index contributed by atoms with van der Waals surface area (Å²) in [6.45, 7) is 6.13. The number of anilines is 2. The van der Waals surface area contributed by atoms with E-state index in [1.807, 2.05) is 12.1 Å². The zero-order valence-corrected chi connectivity index (χ0v) is 24.3. The highest BCUT2D eigenvalue weighted by Crippen LogP contribution is 2.52. The van der Waals surface area contributed by atoms with Crippen molar-refractivity contribution in [3.63, 3.8) is 0 Å². The van der Waals surface area contributed by atoms with Crippen LogP contribution in [0.2, 0.25) is 0 Å². The van der Waals surface area contributed by atoms with E-state index < -0.39 is 0 Å². The fourth-order valence-electron chi connectivity index (χ4n) is 7.72. The lowest BCUT2D eigenvalue weighted by Gasteiger charge is -2.27. The maximum Gasteiger partial charge on any atom is 0.293 e. The number of hydrogen-bond acceptors (Lipinski definition) is 4. The van der Waals surface area contributed by atoms with Gasteiger partial charge >= 0.3 is 0 Å². The predicted octanol–water partition coefficient (Wildman–Crippen LogP) is 7.38. The second-order valence-corrected chi connectivity index (χ2v) is 12.3. The van der Waals surface area contributed by atoms with Gasteiger partial charge in [0.25, 0.3) is 6.47 Å². The third kappa shape index (κ3) is 4.26. The first-order valence-electron chi connectivity index (χ1n) is 15.0. The summed E-state index contributed by atoms with van der Waals surface area (Å²) in [5.74, 6) is 0.536. The number of carbonyl (C=O) groups is 1. The standard InChI is InChI=1S/C37H37N2O3/c1-37(2)35(38(20-21-42-24-41)34-18-14-27-6-3-4-7-29(27)36(34)37)19-13-25-12-17-33-31(22-25)30-8-5-9-32(30)39(33)28-15-10-26(23-40)11-16-28/h3-4,6-7,10-19,22,24,30,32,40H,5,8-9,20-21,23H2,1-2H3/q+1. The molecule has 1 aliphatic carbocycles. The fraction of sp³-hybridized carbons (Fsp3) is 0.297. The Kier molecular flexibility index (Phi) is 6.70. The van der Waals surface area contributed by atoms with Crippen molar-refractivity contribution >= 4 is 46.1 Å². The molecular formula is C37H37N2O3+. The van der Waals surface area contributed by atoms with Crippen LogP contribution in [0, 0.1) is 0 Å². The largest absolute Gasteiger partial charge is 0.461 e. The maximum atomic E-state index is 11.0. The number of fused-ring (bicyclic) bond motifs is 6. The number of aliphatic hydroxyl groups excluding tert-OH is 1. The van der Waals surface area contributed by atoms with Gasteiger partial charge in [-0.15, -0.1) is 0 Å². The van der Waals surface area contributed by atoms with Gasteiger partial charge in [0.2, 0.25) is 5.69 Å². The summed E-state index contributed by atoms with van der Waals surface area (Å²) in [5, 5.41) is 12.0. The fourth-order valence-corrected chi connectivity index (χ4v) is 7.72. The second-order valence-electron chi connectivity index (χ2n) is 12.3. The van der Waals surface area contributed by atoms with Crippen LogP contribution in [-0.4, -0.2) is 41.1 Å².